The van der Waals surface area contributed by atoms with Gasteiger partial charge in [0.15, 0.2) is 17.3 Å². The SMILES string of the molecule is OCc1cccc(-c2nc3cnc(NCc4ccc(F)c(F)c4)nc3n2C[C@@H]2CCCNC2)c1. The molecule has 0 aliphatic carbocycles. The average Bonchev–Trinajstić information content (AvgIpc) is 3.23. The summed E-state index contributed by atoms with van der Waals surface area (Å²) in [7, 11) is 0. The zero-order valence-corrected chi connectivity index (χ0v) is 18.6. The summed E-state index contributed by atoms with van der Waals surface area (Å²) in [6.45, 7) is 2.93. The van der Waals surface area contributed by atoms with E-state index >= 15 is 0 Å². The van der Waals surface area contributed by atoms with Crippen LogP contribution in [-0.2, 0) is 19.7 Å². The molecular weight excluding hydrogens is 438 g/mol. The molecule has 34 heavy (non-hydrogen) atoms. The van der Waals surface area contributed by atoms with Crippen molar-refractivity contribution in [2.45, 2.75) is 32.5 Å². The molecule has 3 N–H and O–H groups in total. The molecule has 0 spiro atoms. The Bertz CT molecular complexity index is 1300. The number of benzene rings is 2. The molecule has 1 atom stereocenters. The van der Waals surface area contributed by atoms with Gasteiger partial charge in [-0.05, 0) is 61.2 Å². The summed E-state index contributed by atoms with van der Waals surface area (Å²) in [5, 5.41) is 16.2. The van der Waals surface area contributed by atoms with E-state index in [0.717, 1.165) is 61.6 Å². The van der Waals surface area contributed by atoms with E-state index in [1.165, 1.54) is 6.07 Å². The van der Waals surface area contributed by atoms with Gasteiger partial charge in [0.1, 0.15) is 11.3 Å². The zero-order valence-electron chi connectivity index (χ0n) is 18.6. The Morgan fingerprint density at radius 3 is 2.79 bits per heavy atom. The number of nitrogens with zero attached hydrogens (tertiary/aromatic N) is 4. The van der Waals surface area contributed by atoms with Crippen molar-refractivity contribution in [2.24, 2.45) is 5.92 Å². The Hall–Kier alpha value is -3.43. The Balaban J connectivity index is 1.49. The predicted molar refractivity (Wildman–Crippen MR) is 126 cm³/mol. The van der Waals surface area contributed by atoms with Crippen LogP contribution in [0.4, 0.5) is 14.7 Å². The standard InChI is InChI=1S/C25H26F2N6O/c26-20-7-6-16(10-21(20)27)12-29-25-30-13-22-24(32-25)33(14-18-4-2-8-28-11-18)23(31-22)19-5-1-3-17(9-19)15-34/h1,3,5-7,9-10,13,18,28,34H,2,4,8,11-12,14-15H2,(H,29,30,32)/t18-/m1/s1. The smallest absolute Gasteiger partial charge is 0.225 e. The number of aromatic nitrogens is 4. The quantitative estimate of drug-likeness (QED) is 0.385. The van der Waals surface area contributed by atoms with Crippen molar-refractivity contribution in [3.8, 4) is 11.4 Å². The zero-order chi connectivity index (χ0) is 23.5. The Morgan fingerprint density at radius 1 is 1.09 bits per heavy atom. The van der Waals surface area contributed by atoms with Gasteiger partial charge in [-0.1, -0.05) is 24.3 Å². The number of hydrogen-bond acceptors (Lipinski definition) is 6. The highest BCUT2D eigenvalue weighted by atomic mass is 19.2. The molecule has 176 valence electrons. The number of piperidine rings is 1. The molecule has 0 amide bonds. The maximum absolute atomic E-state index is 13.5. The molecule has 0 saturated carbocycles. The molecule has 1 fully saturated rings. The van der Waals surface area contributed by atoms with E-state index < -0.39 is 11.6 Å². The Morgan fingerprint density at radius 2 is 2.00 bits per heavy atom. The van der Waals surface area contributed by atoms with Crippen LogP contribution >= 0.6 is 0 Å². The molecule has 0 radical (unpaired) electrons. The number of halogens is 2. The van der Waals surface area contributed by atoms with Crippen LogP contribution in [0.2, 0.25) is 0 Å². The van der Waals surface area contributed by atoms with Crippen molar-refractivity contribution in [3.63, 3.8) is 0 Å². The number of nitrogens with one attached hydrogen (secondary N) is 2. The van der Waals surface area contributed by atoms with Gasteiger partial charge in [-0.3, -0.25) is 0 Å². The minimum absolute atomic E-state index is 0.0432. The minimum atomic E-state index is -0.885. The first-order chi connectivity index (χ1) is 16.6. The van der Waals surface area contributed by atoms with E-state index in [1.807, 2.05) is 24.3 Å². The van der Waals surface area contributed by atoms with E-state index in [4.69, 9.17) is 9.97 Å². The highest BCUT2D eigenvalue weighted by Gasteiger charge is 2.20. The van der Waals surface area contributed by atoms with Crippen molar-refractivity contribution in [1.82, 2.24) is 24.8 Å². The fraction of sp³-hybridized carbons (Fsp3) is 0.320. The summed E-state index contributed by atoms with van der Waals surface area (Å²) < 4.78 is 28.9. The van der Waals surface area contributed by atoms with Crippen LogP contribution in [0, 0.1) is 17.6 Å². The lowest BCUT2D eigenvalue weighted by atomic mass is 9.99. The number of rotatable bonds is 7. The molecule has 9 heteroatoms. The monoisotopic (exact) mass is 464 g/mol. The van der Waals surface area contributed by atoms with Crippen molar-refractivity contribution in [1.29, 1.82) is 0 Å². The molecule has 4 aromatic rings. The van der Waals surface area contributed by atoms with Gasteiger partial charge < -0.3 is 20.3 Å². The Kier molecular flexibility index (Phi) is 6.46. The van der Waals surface area contributed by atoms with Crippen LogP contribution < -0.4 is 10.6 Å². The topological polar surface area (TPSA) is 87.9 Å². The van der Waals surface area contributed by atoms with E-state index in [0.29, 0.717) is 28.6 Å². The van der Waals surface area contributed by atoms with Gasteiger partial charge in [0.25, 0.3) is 0 Å². The first-order valence-corrected chi connectivity index (χ1v) is 11.4. The normalized spacial score (nSPS) is 16.1. The number of imidazole rings is 1. The highest BCUT2D eigenvalue weighted by Crippen LogP contribution is 2.27. The number of fused-ring (bicyclic) bond motifs is 1. The van der Waals surface area contributed by atoms with Crippen LogP contribution in [0.25, 0.3) is 22.6 Å². The summed E-state index contributed by atoms with van der Waals surface area (Å²) in [6, 6.07) is 11.5. The summed E-state index contributed by atoms with van der Waals surface area (Å²) in [6.07, 6.45) is 3.92. The van der Waals surface area contributed by atoms with Crippen molar-refractivity contribution >= 4 is 17.1 Å². The van der Waals surface area contributed by atoms with Crippen LogP contribution in [0.3, 0.4) is 0 Å². The lowest BCUT2D eigenvalue weighted by Crippen LogP contribution is -2.32. The van der Waals surface area contributed by atoms with E-state index in [1.54, 1.807) is 6.20 Å². The van der Waals surface area contributed by atoms with E-state index in [2.05, 4.69) is 20.2 Å². The van der Waals surface area contributed by atoms with Crippen LogP contribution in [0.5, 0.6) is 0 Å². The maximum atomic E-state index is 13.5. The summed E-state index contributed by atoms with van der Waals surface area (Å²) in [5.41, 5.74) is 3.69. The van der Waals surface area contributed by atoms with Crippen LogP contribution in [-0.4, -0.2) is 37.7 Å². The van der Waals surface area contributed by atoms with Gasteiger partial charge in [0, 0.05) is 18.7 Å². The average molecular weight is 465 g/mol. The van der Waals surface area contributed by atoms with Gasteiger partial charge in [-0.25, -0.2) is 18.7 Å². The Labute approximate surface area is 195 Å². The van der Waals surface area contributed by atoms with Crippen molar-refractivity contribution in [2.75, 3.05) is 18.4 Å². The van der Waals surface area contributed by atoms with Crippen LogP contribution in [0.1, 0.15) is 24.0 Å². The highest BCUT2D eigenvalue weighted by molar-refractivity contribution is 5.77. The van der Waals surface area contributed by atoms with Gasteiger partial charge >= 0.3 is 0 Å². The second kappa shape index (κ2) is 9.82. The van der Waals surface area contributed by atoms with Gasteiger partial charge in [-0.15, -0.1) is 0 Å². The van der Waals surface area contributed by atoms with Crippen molar-refractivity contribution in [3.05, 3.63) is 71.4 Å². The summed E-state index contributed by atoms with van der Waals surface area (Å²) in [5.74, 6) is -0.150. The summed E-state index contributed by atoms with van der Waals surface area (Å²) in [4.78, 5) is 13.9. The second-order valence-corrected chi connectivity index (χ2v) is 8.62. The molecule has 0 unspecified atom stereocenters. The number of anilines is 1. The predicted octanol–water partition coefficient (Wildman–Crippen LogP) is 3.88. The van der Waals surface area contributed by atoms with Crippen LogP contribution in [0.15, 0.2) is 48.7 Å². The molecule has 2 aromatic heterocycles. The van der Waals surface area contributed by atoms with Crippen molar-refractivity contribution < 1.29 is 13.9 Å². The third-order valence-electron chi connectivity index (χ3n) is 6.13. The fourth-order valence-corrected chi connectivity index (χ4v) is 4.37. The lowest BCUT2D eigenvalue weighted by Gasteiger charge is -2.24. The first kappa shape index (κ1) is 22.4. The second-order valence-electron chi connectivity index (χ2n) is 8.62. The number of hydrogen-bond donors (Lipinski definition) is 3. The van der Waals surface area contributed by atoms with Gasteiger partial charge in [0.2, 0.25) is 5.95 Å². The van der Waals surface area contributed by atoms with Gasteiger partial charge in [-0.2, -0.15) is 4.98 Å². The molecule has 7 nitrogen and oxygen atoms in total. The molecule has 5 rings (SSSR count). The summed E-state index contributed by atoms with van der Waals surface area (Å²) >= 11 is 0. The molecular formula is C25H26F2N6O. The van der Waals surface area contributed by atoms with E-state index in [-0.39, 0.29) is 13.2 Å². The molecule has 3 heterocycles. The molecule has 1 aliphatic heterocycles. The third-order valence-corrected chi connectivity index (χ3v) is 6.13. The molecule has 1 saturated heterocycles. The van der Waals surface area contributed by atoms with E-state index in [9.17, 15) is 13.9 Å². The molecule has 2 aromatic carbocycles. The third kappa shape index (κ3) is 4.76. The first-order valence-electron chi connectivity index (χ1n) is 11.4. The lowest BCUT2D eigenvalue weighted by molar-refractivity contribution is 0.282. The largest absolute Gasteiger partial charge is 0.392 e. The maximum Gasteiger partial charge on any atom is 0.225 e. The van der Waals surface area contributed by atoms with Gasteiger partial charge in [0.05, 0.1) is 12.8 Å². The number of aliphatic hydroxyl groups excluding tert-OH is 1. The molecule has 0 bridgehead atoms. The number of aliphatic hydroxyl groups is 1. The molecule has 1 aliphatic rings. The fourth-order valence-electron chi connectivity index (χ4n) is 4.37. The minimum Gasteiger partial charge on any atom is -0.392 e.